The summed E-state index contributed by atoms with van der Waals surface area (Å²) in [6.45, 7) is 2.46. The number of hydrogen-bond donors (Lipinski definition) is 2. The van der Waals surface area contributed by atoms with Crippen molar-refractivity contribution >= 4 is 17.5 Å². The van der Waals surface area contributed by atoms with Crippen molar-refractivity contribution in [3.05, 3.63) is 34.6 Å². The van der Waals surface area contributed by atoms with Crippen LogP contribution in [0.25, 0.3) is 0 Å². The molecule has 1 aromatic carbocycles. The second-order valence-electron chi connectivity index (χ2n) is 5.59. The third kappa shape index (κ3) is 2.96. The maximum absolute atomic E-state index is 13.8. The zero-order valence-corrected chi connectivity index (χ0v) is 12.3. The van der Waals surface area contributed by atoms with E-state index in [1.54, 1.807) is 0 Å². The number of carbonyl (C=O) groups excluding carboxylic acids is 1. The number of carbonyl (C=O) groups is 1. The zero-order chi connectivity index (χ0) is 14.8. The highest BCUT2D eigenvalue weighted by atomic mass is 35.5. The summed E-state index contributed by atoms with van der Waals surface area (Å²) in [7, 11) is 0. The van der Waals surface area contributed by atoms with Gasteiger partial charge in [0.2, 0.25) is 0 Å². The first kappa shape index (κ1) is 15.3. The van der Waals surface area contributed by atoms with Crippen molar-refractivity contribution < 1.29 is 9.18 Å². The molecule has 1 amide bonds. The largest absolute Gasteiger partial charge is 0.345 e. The first-order valence-electron chi connectivity index (χ1n) is 6.96. The first-order chi connectivity index (χ1) is 9.48. The lowest BCUT2D eigenvalue weighted by Crippen LogP contribution is -2.59. The van der Waals surface area contributed by atoms with E-state index in [0.29, 0.717) is 12.5 Å². The maximum atomic E-state index is 13.8. The summed E-state index contributed by atoms with van der Waals surface area (Å²) in [4.78, 5) is 12.3. The van der Waals surface area contributed by atoms with Crippen LogP contribution in [0.3, 0.4) is 0 Å². The Morgan fingerprint density at radius 2 is 2.30 bits per heavy atom. The first-order valence-corrected chi connectivity index (χ1v) is 7.34. The summed E-state index contributed by atoms with van der Waals surface area (Å²) in [5.74, 6) is -0.732. The summed E-state index contributed by atoms with van der Waals surface area (Å²) in [5.41, 5.74) is 5.47. The molecule has 3 N–H and O–H groups in total. The molecular formula is C15H20ClFN2O. The van der Waals surface area contributed by atoms with Crippen molar-refractivity contribution in [2.24, 2.45) is 11.7 Å². The van der Waals surface area contributed by atoms with Gasteiger partial charge >= 0.3 is 0 Å². The van der Waals surface area contributed by atoms with Crippen molar-refractivity contribution in [1.82, 2.24) is 5.32 Å². The minimum Gasteiger partial charge on any atom is -0.345 e. The monoisotopic (exact) mass is 298 g/mol. The van der Waals surface area contributed by atoms with Gasteiger partial charge in [0.05, 0.1) is 11.1 Å². The normalized spacial score (nSPS) is 26.3. The summed E-state index contributed by atoms with van der Waals surface area (Å²) in [6.07, 6.45) is 4.05. The predicted octanol–water partition coefficient (Wildman–Crippen LogP) is 3.12. The highest BCUT2D eigenvalue weighted by Gasteiger charge is 2.38. The minimum atomic E-state index is -0.606. The van der Waals surface area contributed by atoms with E-state index in [2.05, 4.69) is 12.2 Å². The van der Waals surface area contributed by atoms with Crippen molar-refractivity contribution in [2.75, 3.05) is 6.54 Å². The highest BCUT2D eigenvalue weighted by molar-refractivity contribution is 6.30. The van der Waals surface area contributed by atoms with E-state index >= 15 is 0 Å². The van der Waals surface area contributed by atoms with Crippen LogP contribution in [0.2, 0.25) is 5.02 Å². The summed E-state index contributed by atoms with van der Waals surface area (Å²) in [5, 5.41) is 3.24. The Hall–Kier alpha value is -1.13. The van der Waals surface area contributed by atoms with Gasteiger partial charge in [0.1, 0.15) is 5.82 Å². The quantitative estimate of drug-likeness (QED) is 0.901. The lowest BCUT2D eigenvalue weighted by molar-refractivity contribution is 0.0809. The van der Waals surface area contributed by atoms with Gasteiger partial charge in [-0.25, -0.2) is 4.39 Å². The van der Waals surface area contributed by atoms with E-state index in [1.807, 2.05) is 0 Å². The lowest BCUT2D eigenvalue weighted by atomic mass is 9.73. The van der Waals surface area contributed by atoms with Crippen LogP contribution in [0.1, 0.15) is 43.0 Å². The number of nitrogens with two attached hydrogens (primary N) is 1. The summed E-state index contributed by atoms with van der Waals surface area (Å²) >= 11 is 5.70. The van der Waals surface area contributed by atoms with Gasteiger partial charge in [-0.05, 0) is 37.0 Å². The van der Waals surface area contributed by atoms with Gasteiger partial charge in [-0.3, -0.25) is 4.79 Å². The van der Waals surface area contributed by atoms with E-state index in [0.717, 1.165) is 31.7 Å². The van der Waals surface area contributed by atoms with Crippen molar-refractivity contribution in [2.45, 2.75) is 38.1 Å². The third-order valence-electron chi connectivity index (χ3n) is 4.36. The molecule has 2 unspecified atom stereocenters. The topological polar surface area (TPSA) is 55.1 Å². The van der Waals surface area contributed by atoms with Gasteiger partial charge in [-0.15, -0.1) is 0 Å². The third-order valence-corrected chi connectivity index (χ3v) is 4.59. The molecule has 5 heteroatoms. The van der Waals surface area contributed by atoms with E-state index in [-0.39, 0.29) is 10.6 Å². The molecule has 0 aromatic heterocycles. The summed E-state index contributed by atoms with van der Waals surface area (Å²) < 4.78 is 13.8. The van der Waals surface area contributed by atoms with Gasteiger partial charge in [-0.1, -0.05) is 31.4 Å². The fourth-order valence-electron chi connectivity index (χ4n) is 2.92. The van der Waals surface area contributed by atoms with Crippen LogP contribution in [-0.2, 0) is 0 Å². The highest BCUT2D eigenvalue weighted by Crippen LogP contribution is 2.33. The number of nitrogens with one attached hydrogen (secondary N) is 1. The van der Waals surface area contributed by atoms with E-state index in [4.69, 9.17) is 17.3 Å². The minimum absolute atomic E-state index is 0.0139. The Bertz CT molecular complexity index is 509. The molecule has 1 aliphatic carbocycles. The molecule has 1 aliphatic rings. The second kappa shape index (κ2) is 6.10. The van der Waals surface area contributed by atoms with Crippen molar-refractivity contribution in [1.29, 1.82) is 0 Å². The van der Waals surface area contributed by atoms with Gasteiger partial charge in [0.15, 0.2) is 0 Å². The molecule has 2 atom stereocenters. The molecule has 0 radical (unpaired) electrons. The Labute approximate surface area is 123 Å². The molecule has 0 bridgehead atoms. The van der Waals surface area contributed by atoms with Crippen LogP contribution < -0.4 is 11.1 Å². The molecule has 2 rings (SSSR count). The number of benzene rings is 1. The Balaban J connectivity index is 2.20. The molecule has 0 spiro atoms. The average molecular weight is 299 g/mol. The lowest BCUT2D eigenvalue weighted by Gasteiger charge is -2.42. The molecule has 0 aliphatic heterocycles. The Morgan fingerprint density at radius 1 is 1.55 bits per heavy atom. The van der Waals surface area contributed by atoms with Crippen LogP contribution in [-0.4, -0.2) is 18.0 Å². The van der Waals surface area contributed by atoms with E-state index in [9.17, 15) is 9.18 Å². The molecular weight excluding hydrogens is 279 g/mol. The van der Waals surface area contributed by atoms with Gasteiger partial charge in [-0.2, -0.15) is 0 Å². The molecule has 3 nitrogen and oxygen atoms in total. The zero-order valence-electron chi connectivity index (χ0n) is 11.6. The van der Waals surface area contributed by atoms with Gasteiger partial charge < -0.3 is 11.1 Å². The van der Waals surface area contributed by atoms with E-state index in [1.165, 1.54) is 12.1 Å². The number of amides is 1. The average Bonchev–Trinajstić information content (AvgIpc) is 2.41. The number of halogens is 2. The second-order valence-corrected chi connectivity index (χ2v) is 6.02. The molecule has 1 saturated carbocycles. The SMILES string of the molecule is CC1CCCCC1(CN)NC(=O)c1ccc(Cl)cc1F. The molecule has 20 heavy (non-hydrogen) atoms. The van der Waals surface area contributed by atoms with Crippen molar-refractivity contribution in [3.8, 4) is 0 Å². The molecule has 0 heterocycles. The van der Waals surface area contributed by atoms with Crippen LogP contribution in [0.5, 0.6) is 0 Å². The van der Waals surface area contributed by atoms with Crippen LogP contribution in [0.15, 0.2) is 18.2 Å². The number of hydrogen-bond acceptors (Lipinski definition) is 2. The Kier molecular flexibility index (Phi) is 4.66. The maximum Gasteiger partial charge on any atom is 0.254 e. The molecule has 0 saturated heterocycles. The smallest absolute Gasteiger partial charge is 0.254 e. The Morgan fingerprint density at radius 3 is 2.90 bits per heavy atom. The fourth-order valence-corrected chi connectivity index (χ4v) is 3.08. The standard InChI is InChI=1S/C15H20ClFN2O/c1-10-4-2-3-7-15(10,9-18)19-14(20)12-6-5-11(16)8-13(12)17/h5-6,8,10H,2-4,7,9,18H2,1H3,(H,19,20). The number of rotatable bonds is 3. The van der Waals surface area contributed by atoms with Gasteiger partial charge in [0.25, 0.3) is 5.91 Å². The predicted molar refractivity (Wildman–Crippen MR) is 78.3 cm³/mol. The molecule has 110 valence electrons. The van der Waals surface area contributed by atoms with Crippen LogP contribution >= 0.6 is 11.6 Å². The van der Waals surface area contributed by atoms with E-state index < -0.39 is 17.3 Å². The molecule has 1 fully saturated rings. The van der Waals surface area contributed by atoms with Crippen LogP contribution in [0.4, 0.5) is 4.39 Å². The summed E-state index contributed by atoms with van der Waals surface area (Å²) in [6, 6.07) is 4.07. The van der Waals surface area contributed by atoms with Crippen LogP contribution in [0, 0.1) is 11.7 Å². The van der Waals surface area contributed by atoms with Crippen molar-refractivity contribution in [3.63, 3.8) is 0 Å². The fraction of sp³-hybridized carbons (Fsp3) is 0.533. The van der Waals surface area contributed by atoms with Gasteiger partial charge in [0, 0.05) is 11.6 Å². The molecule has 1 aromatic rings.